The van der Waals surface area contributed by atoms with Crippen molar-refractivity contribution in [1.82, 2.24) is 5.32 Å². The number of allylic oxidation sites excluding steroid dienone is 1. The van der Waals surface area contributed by atoms with Gasteiger partial charge in [-0.3, -0.25) is 10.3 Å². The van der Waals surface area contributed by atoms with E-state index >= 15 is 0 Å². The first-order valence-corrected chi connectivity index (χ1v) is 11.0. The summed E-state index contributed by atoms with van der Waals surface area (Å²) in [5.41, 5.74) is -0.412. The van der Waals surface area contributed by atoms with Crippen LogP contribution in [0.25, 0.3) is 0 Å². The van der Waals surface area contributed by atoms with Crippen molar-refractivity contribution >= 4 is 17.5 Å². The van der Waals surface area contributed by atoms with Gasteiger partial charge in [-0.1, -0.05) is 18.2 Å². The van der Waals surface area contributed by atoms with Crippen molar-refractivity contribution in [2.24, 2.45) is 0 Å². The van der Waals surface area contributed by atoms with Crippen LogP contribution >= 0.6 is 0 Å². The average Bonchev–Trinajstić information content (AvgIpc) is 3.17. The Hall–Kier alpha value is -4.26. The number of carboxylic acids is 1. The maximum atomic E-state index is 13.4. The molecule has 7 nitrogen and oxygen atoms in total. The minimum Gasteiger partial charge on any atom is -0.478 e. The highest BCUT2D eigenvalue weighted by Crippen LogP contribution is 2.45. The number of anilines is 1. The van der Waals surface area contributed by atoms with Crippen LogP contribution in [0, 0.1) is 16.7 Å². The highest BCUT2D eigenvalue weighted by atomic mass is 19.4. The Labute approximate surface area is 205 Å². The van der Waals surface area contributed by atoms with Crippen molar-refractivity contribution in [3.63, 3.8) is 0 Å². The van der Waals surface area contributed by atoms with Crippen LogP contribution in [0.15, 0.2) is 71.3 Å². The Morgan fingerprint density at radius 2 is 1.92 bits per heavy atom. The number of halogens is 3. The van der Waals surface area contributed by atoms with Crippen LogP contribution < -0.4 is 10.2 Å². The van der Waals surface area contributed by atoms with Gasteiger partial charge >= 0.3 is 12.1 Å². The summed E-state index contributed by atoms with van der Waals surface area (Å²) in [6.45, 7) is 5.44. The number of carbonyl (C=O) groups is 1. The summed E-state index contributed by atoms with van der Waals surface area (Å²) in [5, 5.41) is 31.7. The third-order valence-electron chi connectivity index (χ3n) is 6.09. The van der Waals surface area contributed by atoms with Crippen molar-refractivity contribution in [3.05, 3.63) is 87.9 Å². The van der Waals surface area contributed by atoms with E-state index in [1.54, 1.807) is 24.3 Å². The molecular weight excluding hydrogens is 473 g/mol. The van der Waals surface area contributed by atoms with Gasteiger partial charge in [-0.25, -0.2) is 4.79 Å². The highest BCUT2D eigenvalue weighted by Gasteiger charge is 2.44. The summed E-state index contributed by atoms with van der Waals surface area (Å²) in [6, 6.07) is 12.7. The number of carboxylic acid groups (broad SMARTS) is 1. The first-order valence-electron chi connectivity index (χ1n) is 11.0. The molecule has 2 aliphatic rings. The first kappa shape index (κ1) is 24.9. The molecule has 2 aliphatic heterocycles. The normalized spacial score (nSPS) is 21.6. The van der Waals surface area contributed by atoms with Crippen LogP contribution in [0.5, 0.6) is 0 Å². The molecule has 2 aromatic carbocycles. The first-order chi connectivity index (χ1) is 16.8. The number of nitrogens with one attached hydrogen (secondary N) is 2. The number of benzene rings is 2. The van der Waals surface area contributed by atoms with Gasteiger partial charge in [-0.2, -0.15) is 18.4 Å². The largest absolute Gasteiger partial charge is 0.478 e. The van der Waals surface area contributed by atoms with Crippen LogP contribution in [-0.2, 0) is 15.7 Å². The lowest BCUT2D eigenvalue weighted by Crippen LogP contribution is -2.42. The molecule has 2 aromatic rings. The zero-order chi connectivity index (χ0) is 26.4. The van der Waals surface area contributed by atoms with Gasteiger partial charge in [-0.15, -0.1) is 0 Å². The minimum absolute atomic E-state index is 0.000268. The lowest BCUT2D eigenvalue weighted by atomic mass is 9.79. The summed E-state index contributed by atoms with van der Waals surface area (Å²) in [5.74, 6) is -2.29. The number of alkyl halides is 3. The molecule has 10 heteroatoms. The molecule has 1 unspecified atom stereocenters. The molecule has 3 N–H and O–H groups in total. The molecule has 0 saturated carbocycles. The van der Waals surface area contributed by atoms with E-state index in [1.807, 2.05) is 19.9 Å². The quantitative estimate of drug-likeness (QED) is 0.544. The number of ether oxygens (including phenoxy) is 1. The van der Waals surface area contributed by atoms with E-state index in [9.17, 15) is 28.3 Å². The van der Waals surface area contributed by atoms with Gasteiger partial charge < -0.3 is 15.2 Å². The molecule has 2 heterocycles. The molecule has 1 atom stereocenters. The molecule has 36 heavy (non-hydrogen) atoms. The lowest BCUT2D eigenvalue weighted by molar-refractivity contribution is -0.137. The third-order valence-corrected chi connectivity index (χ3v) is 6.09. The lowest BCUT2D eigenvalue weighted by Gasteiger charge is -2.38. The second-order valence-electron chi connectivity index (χ2n) is 9.24. The Morgan fingerprint density at radius 1 is 1.25 bits per heavy atom. The number of hydrogen-bond acceptors (Lipinski definition) is 5. The van der Waals surface area contributed by atoms with Crippen molar-refractivity contribution in [3.8, 4) is 6.07 Å². The van der Waals surface area contributed by atoms with Gasteiger partial charge in [0.15, 0.2) is 5.88 Å². The van der Waals surface area contributed by atoms with E-state index in [4.69, 9.17) is 10.1 Å². The van der Waals surface area contributed by atoms with Crippen LogP contribution in [0.4, 0.5) is 18.9 Å². The number of nitrogens with zero attached hydrogens (tertiary/aromatic N) is 2. The van der Waals surface area contributed by atoms with Gasteiger partial charge in [0.1, 0.15) is 12.4 Å². The molecule has 0 spiro atoms. The molecular formula is C26H23F3N4O3. The van der Waals surface area contributed by atoms with Crippen LogP contribution in [-0.4, -0.2) is 29.1 Å². The van der Waals surface area contributed by atoms with E-state index in [0.29, 0.717) is 11.1 Å². The van der Waals surface area contributed by atoms with Gasteiger partial charge in [0.25, 0.3) is 0 Å². The summed E-state index contributed by atoms with van der Waals surface area (Å²) < 4.78 is 46.2. The number of hydrogen-bond donors (Lipinski definition) is 3. The topological polar surface area (TPSA) is 109 Å². The molecule has 1 fully saturated rings. The second-order valence-corrected chi connectivity index (χ2v) is 9.24. The van der Waals surface area contributed by atoms with E-state index in [1.165, 1.54) is 24.0 Å². The van der Waals surface area contributed by atoms with Gasteiger partial charge in [-0.05, 0) is 56.7 Å². The predicted molar refractivity (Wildman–Crippen MR) is 126 cm³/mol. The molecule has 1 saturated heterocycles. The second kappa shape index (κ2) is 8.75. The van der Waals surface area contributed by atoms with Crippen LogP contribution in [0.2, 0.25) is 0 Å². The van der Waals surface area contributed by atoms with Crippen molar-refractivity contribution in [2.75, 3.05) is 11.5 Å². The number of nitriles is 1. The van der Waals surface area contributed by atoms with Crippen molar-refractivity contribution in [2.45, 2.75) is 38.4 Å². The molecule has 0 aliphatic carbocycles. The third kappa shape index (κ3) is 4.40. The van der Waals surface area contributed by atoms with E-state index in [0.717, 1.165) is 12.1 Å². The summed E-state index contributed by atoms with van der Waals surface area (Å²) in [6.07, 6.45) is -4.62. The van der Waals surface area contributed by atoms with E-state index < -0.39 is 29.2 Å². The number of rotatable bonds is 3. The van der Waals surface area contributed by atoms with Gasteiger partial charge in [0.05, 0.1) is 39.8 Å². The molecule has 4 rings (SSSR count). The minimum atomic E-state index is -4.62. The Morgan fingerprint density at radius 3 is 2.44 bits per heavy atom. The maximum Gasteiger partial charge on any atom is 0.416 e. The fraction of sp³-hybridized carbons (Fsp3) is 0.269. The molecule has 0 radical (unpaired) electrons. The van der Waals surface area contributed by atoms with Crippen molar-refractivity contribution < 1.29 is 27.8 Å². The summed E-state index contributed by atoms with van der Waals surface area (Å²) in [7, 11) is 0. The monoisotopic (exact) mass is 496 g/mol. The highest BCUT2D eigenvalue weighted by molar-refractivity contribution is 6.15. The fourth-order valence-corrected chi connectivity index (χ4v) is 4.42. The van der Waals surface area contributed by atoms with Crippen molar-refractivity contribution in [1.29, 1.82) is 10.7 Å². The van der Waals surface area contributed by atoms with E-state index in [-0.39, 0.29) is 40.9 Å². The zero-order valence-electron chi connectivity index (χ0n) is 19.7. The van der Waals surface area contributed by atoms with E-state index in [2.05, 4.69) is 5.32 Å². The van der Waals surface area contributed by atoms with Gasteiger partial charge in [0.2, 0.25) is 0 Å². The fourth-order valence-electron chi connectivity index (χ4n) is 4.42. The Balaban J connectivity index is 2.00. The summed E-state index contributed by atoms with van der Waals surface area (Å²) in [4.78, 5) is 13.8. The zero-order valence-corrected chi connectivity index (χ0v) is 19.7. The number of amidine groups is 1. The van der Waals surface area contributed by atoms with Crippen LogP contribution in [0.1, 0.15) is 43.4 Å². The average molecular weight is 496 g/mol. The van der Waals surface area contributed by atoms with Crippen LogP contribution in [0.3, 0.4) is 0 Å². The predicted octanol–water partition coefficient (Wildman–Crippen LogP) is 5.13. The Bertz CT molecular complexity index is 1350. The number of aliphatic carboxylic acids is 1. The standard InChI is InChI=1S/C26H23F3N4O3/c1-14-19(24(34)35)20(16-9-7-15(12-30)8-10-16)21(23-32-25(2,3)13-36-23)22(31)33(14)18-6-4-5-17(11-18)26(27,28)29/h4-11,20,31-32H,13H2,1-3H3,(H,34,35). The molecule has 0 aromatic heterocycles. The van der Waals surface area contributed by atoms with Gasteiger partial charge in [0, 0.05) is 11.4 Å². The SMILES string of the molecule is CC1=C(C(=O)O)C(c2ccc(C#N)cc2)C(=C2NC(C)(C)CO2)C(=N)N1c1cccc(C(F)(F)F)c1. The molecule has 186 valence electrons. The smallest absolute Gasteiger partial charge is 0.416 e. The molecule has 0 amide bonds. The Kier molecular flexibility index (Phi) is 6.04. The maximum absolute atomic E-state index is 13.4. The summed E-state index contributed by atoms with van der Waals surface area (Å²) >= 11 is 0. The molecule has 0 bridgehead atoms.